The van der Waals surface area contributed by atoms with Gasteiger partial charge in [0.15, 0.2) is 0 Å². The molecule has 0 radical (unpaired) electrons. The van der Waals surface area contributed by atoms with Gasteiger partial charge >= 0.3 is 5.69 Å². The number of rotatable bonds is 5. The molecule has 5 heteroatoms. The SMILES string of the molecule is Cc1ccccc1CSc1nc(=O)n(CCO)c2c1CCCC2. The molecular formula is C18H22N2O2S. The van der Waals surface area contributed by atoms with Crippen LogP contribution >= 0.6 is 11.8 Å². The Labute approximate surface area is 140 Å². The molecule has 0 saturated heterocycles. The number of hydrogen-bond donors (Lipinski definition) is 1. The van der Waals surface area contributed by atoms with Gasteiger partial charge in [-0.3, -0.25) is 4.57 Å². The van der Waals surface area contributed by atoms with Gasteiger partial charge in [-0.1, -0.05) is 24.3 Å². The molecule has 1 aromatic heterocycles. The van der Waals surface area contributed by atoms with Gasteiger partial charge in [0.1, 0.15) is 5.03 Å². The number of aromatic nitrogens is 2. The summed E-state index contributed by atoms with van der Waals surface area (Å²) in [5, 5.41) is 10.1. The molecule has 0 aliphatic heterocycles. The maximum Gasteiger partial charge on any atom is 0.348 e. The van der Waals surface area contributed by atoms with Gasteiger partial charge in [0.2, 0.25) is 0 Å². The number of aliphatic hydroxyl groups excluding tert-OH is 1. The van der Waals surface area contributed by atoms with Crippen molar-refractivity contribution in [1.82, 2.24) is 9.55 Å². The Bertz CT molecular complexity index is 755. The van der Waals surface area contributed by atoms with Crippen LogP contribution in [0.5, 0.6) is 0 Å². The van der Waals surface area contributed by atoms with Crippen LogP contribution in [-0.4, -0.2) is 21.3 Å². The lowest BCUT2D eigenvalue weighted by Crippen LogP contribution is -2.31. The first kappa shape index (κ1) is 16.3. The zero-order valence-electron chi connectivity index (χ0n) is 13.4. The molecule has 0 amide bonds. The van der Waals surface area contributed by atoms with E-state index in [1.807, 2.05) is 12.1 Å². The fourth-order valence-corrected chi connectivity index (χ4v) is 4.27. The Morgan fingerprint density at radius 1 is 1.26 bits per heavy atom. The first-order valence-corrected chi connectivity index (χ1v) is 9.10. The van der Waals surface area contributed by atoms with Crippen molar-refractivity contribution < 1.29 is 5.11 Å². The highest BCUT2D eigenvalue weighted by Gasteiger charge is 2.20. The number of nitrogens with zero attached hydrogens (tertiary/aromatic N) is 2. The second kappa shape index (κ2) is 7.32. The second-order valence-electron chi connectivity index (χ2n) is 5.92. The minimum absolute atomic E-state index is 0.0241. The molecule has 1 aromatic carbocycles. The fourth-order valence-electron chi connectivity index (χ4n) is 3.12. The summed E-state index contributed by atoms with van der Waals surface area (Å²) in [5.41, 5.74) is 4.61. The van der Waals surface area contributed by atoms with E-state index in [1.165, 1.54) is 16.7 Å². The third-order valence-electron chi connectivity index (χ3n) is 4.40. The van der Waals surface area contributed by atoms with Crippen molar-refractivity contribution >= 4 is 11.8 Å². The molecule has 0 fully saturated rings. The van der Waals surface area contributed by atoms with Gasteiger partial charge in [-0.15, -0.1) is 11.8 Å². The average molecular weight is 330 g/mol. The van der Waals surface area contributed by atoms with Gasteiger partial charge in [-0.25, -0.2) is 4.79 Å². The lowest BCUT2D eigenvalue weighted by molar-refractivity contribution is 0.269. The van der Waals surface area contributed by atoms with Crippen LogP contribution < -0.4 is 5.69 Å². The zero-order valence-corrected chi connectivity index (χ0v) is 14.2. The molecule has 0 bridgehead atoms. The minimum atomic E-state index is -0.230. The van der Waals surface area contributed by atoms with Gasteiger partial charge in [0.25, 0.3) is 0 Å². The van der Waals surface area contributed by atoms with E-state index in [2.05, 4.69) is 24.0 Å². The quantitative estimate of drug-likeness (QED) is 0.676. The molecule has 4 nitrogen and oxygen atoms in total. The van der Waals surface area contributed by atoms with Crippen molar-refractivity contribution in [3.05, 3.63) is 57.1 Å². The monoisotopic (exact) mass is 330 g/mol. The molecule has 0 saturated carbocycles. The Balaban J connectivity index is 1.92. The normalized spacial score (nSPS) is 13.8. The van der Waals surface area contributed by atoms with E-state index in [0.29, 0.717) is 6.54 Å². The van der Waals surface area contributed by atoms with Gasteiger partial charge in [0.05, 0.1) is 13.2 Å². The van der Waals surface area contributed by atoms with Gasteiger partial charge in [0, 0.05) is 17.0 Å². The summed E-state index contributed by atoms with van der Waals surface area (Å²) in [7, 11) is 0. The summed E-state index contributed by atoms with van der Waals surface area (Å²) in [4.78, 5) is 16.6. The number of hydrogen-bond acceptors (Lipinski definition) is 4. The van der Waals surface area contributed by atoms with Crippen LogP contribution in [0, 0.1) is 6.92 Å². The van der Waals surface area contributed by atoms with Gasteiger partial charge in [-0.2, -0.15) is 4.98 Å². The summed E-state index contributed by atoms with van der Waals surface area (Å²) in [5.74, 6) is 0.829. The Morgan fingerprint density at radius 3 is 2.83 bits per heavy atom. The molecule has 1 aliphatic rings. The van der Waals surface area contributed by atoms with Crippen LogP contribution in [0.2, 0.25) is 0 Å². The smallest absolute Gasteiger partial charge is 0.348 e. The van der Waals surface area contributed by atoms with Crippen LogP contribution in [0.3, 0.4) is 0 Å². The highest BCUT2D eigenvalue weighted by Crippen LogP contribution is 2.30. The highest BCUT2D eigenvalue weighted by molar-refractivity contribution is 7.98. The second-order valence-corrected chi connectivity index (χ2v) is 6.89. The number of aliphatic hydroxyl groups is 1. The number of aryl methyl sites for hydroxylation is 1. The molecule has 0 atom stereocenters. The van der Waals surface area contributed by atoms with Crippen LogP contribution in [0.25, 0.3) is 0 Å². The van der Waals surface area contributed by atoms with Crippen LogP contribution in [0.1, 0.15) is 35.2 Å². The summed E-state index contributed by atoms with van der Waals surface area (Å²) in [6.07, 6.45) is 4.13. The van der Waals surface area contributed by atoms with E-state index in [1.54, 1.807) is 16.3 Å². The first-order valence-electron chi connectivity index (χ1n) is 8.11. The van der Waals surface area contributed by atoms with Gasteiger partial charge < -0.3 is 5.11 Å². The summed E-state index contributed by atoms with van der Waals surface area (Å²) < 4.78 is 1.66. The predicted molar refractivity (Wildman–Crippen MR) is 93.0 cm³/mol. The molecule has 0 unspecified atom stereocenters. The molecule has 1 N–H and O–H groups in total. The van der Waals surface area contributed by atoms with Crippen molar-refractivity contribution in [2.75, 3.05) is 6.61 Å². The molecule has 1 aliphatic carbocycles. The lowest BCUT2D eigenvalue weighted by atomic mass is 9.97. The Kier molecular flexibility index (Phi) is 5.18. The Morgan fingerprint density at radius 2 is 2.04 bits per heavy atom. The average Bonchev–Trinajstić information content (AvgIpc) is 2.57. The molecular weight excluding hydrogens is 308 g/mol. The van der Waals surface area contributed by atoms with Crippen LogP contribution in [-0.2, 0) is 25.1 Å². The standard InChI is InChI=1S/C18H22N2O2S/c1-13-6-2-3-7-14(13)12-23-17-15-8-4-5-9-16(15)20(10-11-21)18(22)19-17/h2-3,6-7,21H,4-5,8-12H2,1H3. The molecule has 1 heterocycles. The summed E-state index contributed by atoms with van der Waals surface area (Å²) >= 11 is 1.66. The number of thioether (sulfide) groups is 1. The van der Waals surface area contributed by atoms with Crippen molar-refractivity contribution in [3.8, 4) is 0 Å². The molecule has 0 spiro atoms. The third kappa shape index (κ3) is 3.51. The highest BCUT2D eigenvalue weighted by atomic mass is 32.2. The lowest BCUT2D eigenvalue weighted by Gasteiger charge is -2.22. The fraction of sp³-hybridized carbons (Fsp3) is 0.444. The van der Waals surface area contributed by atoms with Crippen molar-refractivity contribution in [2.45, 2.75) is 49.9 Å². The third-order valence-corrected chi connectivity index (χ3v) is 5.47. The van der Waals surface area contributed by atoms with Crippen molar-refractivity contribution in [3.63, 3.8) is 0 Å². The first-order chi connectivity index (χ1) is 11.2. The van der Waals surface area contributed by atoms with Gasteiger partial charge in [-0.05, 0) is 43.7 Å². The maximum atomic E-state index is 12.3. The molecule has 122 valence electrons. The maximum absolute atomic E-state index is 12.3. The number of fused-ring (bicyclic) bond motifs is 1. The van der Waals surface area contributed by atoms with Crippen LogP contribution in [0.15, 0.2) is 34.1 Å². The summed E-state index contributed by atoms with van der Waals surface area (Å²) in [6, 6.07) is 8.32. The summed E-state index contributed by atoms with van der Waals surface area (Å²) in [6.45, 7) is 2.43. The molecule has 3 rings (SSSR count). The van der Waals surface area contributed by atoms with E-state index in [0.717, 1.165) is 42.2 Å². The predicted octanol–water partition coefficient (Wildman–Crippen LogP) is 2.72. The van der Waals surface area contributed by atoms with E-state index >= 15 is 0 Å². The van der Waals surface area contributed by atoms with E-state index in [-0.39, 0.29) is 12.3 Å². The molecule has 23 heavy (non-hydrogen) atoms. The topological polar surface area (TPSA) is 55.1 Å². The number of benzene rings is 1. The van der Waals surface area contributed by atoms with E-state index in [4.69, 9.17) is 0 Å². The molecule has 2 aromatic rings. The van der Waals surface area contributed by atoms with E-state index < -0.39 is 0 Å². The Hall–Kier alpha value is -1.59. The largest absolute Gasteiger partial charge is 0.395 e. The van der Waals surface area contributed by atoms with Crippen molar-refractivity contribution in [1.29, 1.82) is 0 Å². The van der Waals surface area contributed by atoms with E-state index in [9.17, 15) is 9.90 Å². The van der Waals surface area contributed by atoms with Crippen molar-refractivity contribution in [2.24, 2.45) is 0 Å². The minimum Gasteiger partial charge on any atom is -0.395 e. The zero-order chi connectivity index (χ0) is 16.2. The van der Waals surface area contributed by atoms with Crippen LogP contribution in [0.4, 0.5) is 0 Å².